The zero-order valence-electron chi connectivity index (χ0n) is 26.3. The number of carbonyl (C=O) groups excluding carboxylic acids is 2. The van der Waals surface area contributed by atoms with E-state index < -0.39 is 58.1 Å². The molecule has 2 aliphatic heterocycles. The predicted octanol–water partition coefficient (Wildman–Crippen LogP) is 7.10. The Morgan fingerprint density at radius 3 is 2.11 bits per heavy atom. The van der Waals surface area contributed by atoms with Gasteiger partial charge in [0.2, 0.25) is 0 Å². The molecule has 2 atom stereocenters. The number of aryl methyl sites for hydroxylation is 1. The van der Waals surface area contributed by atoms with Crippen LogP contribution in [0.2, 0.25) is 5.02 Å². The second-order valence-corrected chi connectivity index (χ2v) is 13.5. The Balaban J connectivity index is 1.55. The summed E-state index contributed by atoms with van der Waals surface area (Å²) in [5, 5.41) is 10.0. The van der Waals surface area contributed by atoms with E-state index in [1.165, 1.54) is 9.80 Å². The highest BCUT2D eigenvalue weighted by Crippen LogP contribution is 2.40. The molecule has 0 radical (unpaired) electrons. The number of halogens is 3. The summed E-state index contributed by atoms with van der Waals surface area (Å²) in [4.78, 5) is 42.0. The molecular formula is C33H39ClF2N2O7. The van der Waals surface area contributed by atoms with Crippen molar-refractivity contribution >= 4 is 35.3 Å². The fraction of sp³-hybridized carbons (Fsp3) is 0.485. The summed E-state index contributed by atoms with van der Waals surface area (Å²) in [5.41, 5.74) is 0.649. The lowest BCUT2D eigenvalue weighted by atomic mass is 9.82. The van der Waals surface area contributed by atoms with Crippen LogP contribution in [-0.2, 0) is 20.7 Å². The first-order chi connectivity index (χ1) is 20.9. The van der Waals surface area contributed by atoms with E-state index >= 15 is 0 Å². The van der Waals surface area contributed by atoms with Crippen molar-refractivity contribution in [1.29, 1.82) is 0 Å². The number of rotatable bonds is 7. The normalized spacial score (nSPS) is 18.5. The summed E-state index contributed by atoms with van der Waals surface area (Å²) in [6, 6.07) is 7.75. The number of carboxylic acids is 1. The number of hydrogen-bond donors (Lipinski definition) is 1. The number of amides is 2. The quantitative estimate of drug-likeness (QED) is 0.252. The third kappa shape index (κ3) is 8.25. The second-order valence-electron chi connectivity index (χ2n) is 13.2. The molecule has 0 saturated carbocycles. The number of fused-ring (bicyclic) bond motifs is 2. The van der Waals surface area contributed by atoms with Crippen LogP contribution < -0.4 is 4.74 Å². The first-order valence-corrected chi connectivity index (χ1v) is 15.1. The van der Waals surface area contributed by atoms with Crippen molar-refractivity contribution in [1.82, 2.24) is 9.80 Å². The summed E-state index contributed by atoms with van der Waals surface area (Å²) in [7, 11) is 0. The fourth-order valence-corrected chi connectivity index (χ4v) is 5.69. The van der Waals surface area contributed by atoms with Gasteiger partial charge in [-0.1, -0.05) is 35.9 Å². The van der Waals surface area contributed by atoms with Crippen molar-refractivity contribution in [2.24, 2.45) is 0 Å². The van der Waals surface area contributed by atoms with Crippen molar-refractivity contribution in [2.45, 2.75) is 84.1 Å². The van der Waals surface area contributed by atoms with Crippen LogP contribution in [0.1, 0.15) is 65.5 Å². The molecule has 0 aliphatic carbocycles. The average molecular weight is 649 g/mol. The van der Waals surface area contributed by atoms with Gasteiger partial charge in [0.15, 0.2) is 11.6 Å². The molecule has 9 nitrogen and oxygen atoms in total. The van der Waals surface area contributed by atoms with Crippen LogP contribution in [0.3, 0.4) is 0 Å². The number of benzene rings is 2. The monoisotopic (exact) mass is 648 g/mol. The van der Waals surface area contributed by atoms with Crippen LogP contribution >= 0.6 is 11.6 Å². The lowest BCUT2D eigenvalue weighted by Crippen LogP contribution is -2.65. The Kier molecular flexibility index (Phi) is 10.0. The standard InChI is InChI=1S/C33H39ClF2N2O7/c1-32(2,3)44-30(41)37-17-21-16-22(26(29(39)40)25(18-37)38(21)31(42)45-33(4,5)6)20-11-9-19(10-12-20)8-7-15-43-28-24(36)14-13-23(35)27(28)34/h9-14,21,25H,7-8,15-18H2,1-6H3,(H,39,40)/t21?,25-/m1/s1. The molecule has 1 N–H and O–H groups in total. The van der Waals surface area contributed by atoms with Crippen LogP contribution in [0.15, 0.2) is 42.0 Å². The van der Waals surface area contributed by atoms with Gasteiger partial charge in [-0.25, -0.2) is 23.2 Å². The zero-order chi connectivity index (χ0) is 33.3. The van der Waals surface area contributed by atoms with E-state index in [0.29, 0.717) is 24.0 Å². The Morgan fingerprint density at radius 2 is 1.51 bits per heavy atom. The lowest BCUT2D eigenvalue weighted by molar-refractivity contribution is -0.134. The topological polar surface area (TPSA) is 106 Å². The third-order valence-corrected chi connectivity index (χ3v) is 7.65. The number of carboxylic acid groups (broad SMARTS) is 1. The minimum atomic E-state index is -1.20. The largest absolute Gasteiger partial charge is 0.489 e. The second kappa shape index (κ2) is 13.2. The van der Waals surface area contributed by atoms with Gasteiger partial charge in [-0.3, -0.25) is 4.90 Å². The van der Waals surface area contributed by atoms with Crippen molar-refractivity contribution in [3.05, 3.63) is 69.8 Å². The molecular weight excluding hydrogens is 610 g/mol. The summed E-state index contributed by atoms with van der Waals surface area (Å²) < 4.78 is 44.2. The molecule has 4 rings (SSSR count). The van der Waals surface area contributed by atoms with Gasteiger partial charge in [0, 0.05) is 13.1 Å². The Labute approximate surface area is 266 Å². The van der Waals surface area contributed by atoms with Crippen LogP contribution in [0.25, 0.3) is 5.57 Å². The Morgan fingerprint density at radius 1 is 0.911 bits per heavy atom. The van der Waals surface area contributed by atoms with E-state index in [1.54, 1.807) is 41.5 Å². The van der Waals surface area contributed by atoms with Gasteiger partial charge in [0.05, 0.1) is 24.3 Å². The molecule has 1 fully saturated rings. The molecule has 2 bridgehead atoms. The molecule has 0 aromatic heterocycles. The highest BCUT2D eigenvalue weighted by Gasteiger charge is 2.49. The first kappa shape index (κ1) is 34.0. The molecule has 1 saturated heterocycles. The smallest absolute Gasteiger partial charge is 0.411 e. The molecule has 12 heteroatoms. The molecule has 2 aromatic carbocycles. The molecule has 2 amide bonds. The molecule has 2 aromatic rings. The van der Waals surface area contributed by atoms with E-state index in [1.807, 2.05) is 24.3 Å². The summed E-state index contributed by atoms with van der Waals surface area (Å²) in [5.74, 6) is -3.03. The molecule has 0 spiro atoms. The van der Waals surface area contributed by atoms with E-state index in [9.17, 15) is 28.3 Å². The van der Waals surface area contributed by atoms with Gasteiger partial charge in [0.1, 0.15) is 22.0 Å². The van der Waals surface area contributed by atoms with Crippen LogP contribution in [0, 0.1) is 11.6 Å². The zero-order valence-corrected chi connectivity index (χ0v) is 27.0. The maximum Gasteiger partial charge on any atom is 0.411 e. The summed E-state index contributed by atoms with van der Waals surface area (Å²) in [6.45, 7) is 10.6. The fourth-order valence-electron chi connectivity index (χ4n) is 5.48. The van der Waals surface area contributed by atoms with Crippen molar-refractivity contribution in [3.63, 3.8) is 0 Å². The van der Waals surface area contributed by atoms with Gasteiger partial charge in [0.25, 0.3) is 0 Å². The number of carbonyl (C=O) groups is 3. The number of hydrogen-bond acceptors (Lipinski definition) is 6. The maximum atomic E-state index is 14.0. The van der Waals surface area contributed by atoms with Crippen molar-refractivity contribution < 1.29 is 42.5 Å². The third-order valence-electron chi connectivity index (χ3n) is 7.30. The minimum Gasteiger partial charge on any atom is -0.489 e. The molecule has 2 heterocycles. The van der Waals surface area contributed by atoms with Crippen LogP contribution in [-0.4, -0.2) is 76.0 Å². The van der Waals surface area contributed by atoms with Gasteiger partial charge < -0.3 is 24.2 Å². The number of ether oxygens (including phenoxy) is 3. The molecule has 1 unspecified atom stereocenters. The highest BCUT2D eigenvalue weighted by atomic mass is 35.5. The average Bonchev–Trinajstić information content (AvgIpc) is 2.92. The lowest BCUT2D eigenvalue weighted by Gasteiger charge is -2.50. The molecule has 244 valence electrons. The first-order valence-electron chi connectivity index (χ1n) is 14.8. The predicted molar refractivity (Wildman–Crippen MR) is 164 cm³/mol. The van der Waals surface area contributed by atoms with Crippen LogP contribution in [0.5, 0.6) is 5.75 Å². The Bertz CT molecular complexity index is 1480. The van der Waals surface area contributed by atoms with E-state index in [0.717, 1.165) is 17.7 Å². The Hall–Kier alpha value is -3.86. The molecule has 2 aliphatic rings. The van der Waals surface area contributed by atoms with Gasteiger partial charge in [-0.05, 0) is 89.6 Å². The summed E-state index contributed by atoms with van der Waals surface area (Å²) in [6.07, 6.45) is 0.0114. The van der Waals surface area contributed by atoms with Gasteiger partial charge in [-0.2, -0.15) is 0 Å². The maximum absolute atomic E-state index is 14.0. The van der Waals surface area contributed by atoms with E-state index in [2.05, 4.69) is 0 Å². The van der Waals surface area contributed by atoms with Gasteiger partial charge in [-0.15, -0.1) is 0 Å². The van der Waals surface area contributed by atoms with E-state index in [-0.39, 0.29) is 37.4 Å². The van der Waals surface area contributed by atoms with Gasteiger partial charge >= 0.3 is 18.2 Å². The van der Waals surface area contributed by atoms with Crippen LogP contribution in [0.4, 0.5) is 18.4 Å². The highest BCUT2D eigenvalue weighted by molar-refractivity contribution is 6.32. The van der Waals surface area contributed by atoms with Crippen molar-refractivity contribution in [2.75, 3.05) is 19.7 Å². The van der Waals surface area contributed by atoms with Crippen molar-refractivity contribution in [3.8, 4) is 5.75 Å². The minimum absolute atomic E-state index is 0.0144. The number of piperazine rings is 1. The summed E-state index contributed by atoms with van der Waals surface area (Å²) >= 11 is 5.82. The molecule has 45 heavy (non-hydrogen) atoms. The van der Waals surface area contributed by atoms with E-state index in [4.69, 9.17) is 25.8 Å². The number of aliphatic carboxylic acids is 1. The SMILES string of the molecule is CC(C)(C)OC(=O)N1CC2CC(c3ccc(CCCOc4c(F)ccc(F)c4Cl)cc3)=C(C(=O)O)[C@@H](C1)N2C(=O)OC(C)(C)C. The number of nitrogens with zero attached hydrogens (tertiary/aromatic N) is 2.